The van der Waals surface area contributed by atoms with Crippen molar-refractivity contribution in [2.24, 2.45) is 0 Å². The average Bonchev–Trinajstić information content (AvgIpc) is 3.14. The molecule has 0 saturated heterocycles. The molecule has 1 amide bonds. The van der Waals surface area contributed by atoms with Crippen LogP contribution in [0.3, 0.4) is 0 Å². The minimum Gasteiger partial charge on any atom is -0.481 e. The lowest BCUT2D eigenvalue weighted by Gasteiger charge is -2.24. The third kappa shape index (κ3) is 3.37. The number of ether oxygens (including phenoxy) is 1. The second-order valence-corrected chi connectivity index (χ2v) is 6.82. The van der Waals surface area contributed by atoms with Gasteiger partial charge in [0.2, 0.25) is 0 Å². The number of thiophene rings is 1. The second kappa shape index (κ2) is 7.20. The van der Waals surface area contributed by atoms with E-state index in [2.05, 4.69) is 4.98 Å². The first-order valence-corrected chi connectivity index (χ1v) is 8.79. The van der Waals surface area contributed by atoms with Gasteiger partial charge in [0.15, 0.2) is 6.61 Å². The predicted molar refractivity (Wildman–Crippen MR) is 97.8 cm³/mol. The van der Waals surface area contributed by atoms with Crippen LogP contribution in [0.4, 0.5) is 0 Å². The SMILES string of the molecule is C[C@H](c1cccs1)N(C)C(=O)COc1ccc(Cl)c2cccnc12. The van der Waals surface area contributed by atoms with Crippen LogP contribution in [0.5, 0.6) is 5.75 Å². The van der Waals surface area contributed by atoms with Gasteiger partial charge in [0, 0.05) is 23.5 Å². The van der Waals surface area contributed by atoms with Crippen LogP contribution in [0.25, 0.3) is 10.9 Å². The van der Waals surface area contributed by atoms with Gasteiger partial charge in [-0.05, 0) is 42.6 Å². The Morgan fingerprint density at radius 1 is 1.33 bits per heavy atom. The predicted octanol–water partition coefficient (Wildman–Crippen LogP) is 4.55. The van der Waals surface area contributed by atoms with Crippen LogP contribution in [0.15, 0.2) is 48.0 Å². The highest BCUT2D eigenvalue weighted by Gasteiger charge is 2.19. The molecule has 0 fully saturated rings. The highest BCUT2D eigenvalue weighted by Crippen LogP contribution is 2.30. The Morgan fingerprint density at radius 3 is 2.92 bits per heavy atom. The number of benzene rings is 1. The maximum Gasteiger partial charge on any atom is 0.260 e. The van der Waals surface area contributed by atoms with E-state index in [1.54, 1.807) is 41.6 Å². The first-order valence-electron chi connectivity index (χ1n) is 7.53. The van der Waals surface area contributed by atoms with E-state index in [1.807, 2.05) is 36.6 Å². The smallest absolute Gasteiger partial charge is 0.260 e. The molecule has 2 aromatic heterocycles. The number of pyridine rings is 1. The van der Waals surface area contributed by atoms with Crippen molar-refractivity contribution in [2.45, 2.75) is 13.0 Å². The molecular formula is C18H17ClN2O2S. The largest absolute Gasteiger partial charge is 0.481 e. The molecule has 0 aliphatic heterocycles. The molecule has 4 nitrogen and oxygen atoms in total. The van der Waals surface area contributed by atoms with Gasteiger partial charge < -0.3 is 9.64 Å². The Labute approximate surface area is 149 Å². The highest BCUT2D eigenvalue weighted by molar-refractivity contribution is 7.10. The molecule has 0 bridgehead atoms. The van der Waals surface area contributed by atoms with Gasteiger partial charge in [0.05, 0.1) is 11.1 Å². The fourth-order valence-electron chi connectivity index (χ4n) is 2.41. The number of amides is 1. The third-order valence-corrected chi connectivity index (χ3v) is 5.33. The summed E-state index contributed by atoms with van der Waals surface area (Å²) in [5.74, 6) is 0.468. The standard InChI is InChI=1S/C18H17ClN2O2S/c1-12(16-6-4-10-24-16)21(2)17(22)11-23-15-8-7-14(19)13-5-3-9-20-18(13)15/h3-10,12H,11H2,1-2H3/t12-/m1/s1. The summed E-state index contributed by atoms with van der Waals surface area (Å²) in [5.41, 5.74) is 0.659. The van der Waals surface area contributed by atoms with E-state index in [-0.39, 0.29) is 18.6 Å². The van der Waals surface area contributed by atoms with Crippen molar-refractivity contribution >= 4 is 39.7 Å². The molecule has 0 saturated carbocycles. The molecule has 0 aliphatic rings. The van der Waals surface area contributed by atoms with Crippen molar-refractivity contribution in [3.05, 3.63) is 57.9 Å². The van der Waals surface area contributed by atoms with Crippen molar-refractivity contribution in [2.75, 3.05) is 13.7 Å². The molecule has 6 heteroatoms. The summed E-state index contributed by atoms with van der Waals surface area (Å²) in [5, 5.41) is 3.43. The summed E-state index contributed by atoms with van der Waals surface area (Å²) >= 11 is 7.81. The minimum absolute atomic E-state index is 0.0150. The van der Waals surface area contributed by atoms with Gasteiger partial charge in [-0.25, -0.2) is 0 Å². The van der Waals surface area contributed by atoms with Gasteiger partial charge in [-0.2, -0.15) is 0 Å². The summed E-state index contributed by atoms with van der Waals surface area (Å²) in [7, 11) is 1.79. The maximum atomic E-state index is 12.4. The molecular weight excluding hydrogens is 344 g/mol. The summed E-state index contributed by atoms with van der Waals surface area (Å²) in [6, 6.07) is 11.2. The van der Waals surface area contributed by atoms with E-state index in [9.17, 15) is 4.79 Å². The molecule has 1 atom stereocenters. The van der Waals surface area contributed by atoms with E-state index in [0.29, 0.717) is 16.3 Å². The van der Waals surface area contributed by atoms with Gasteiger partial charge in [0.25, 0.3) is 5.91 Å². The number of fused-ring (bicyclic) bond motifs is 1. The Hall–Kier alpha value is -2.11. The van der Waals surface area contributed by atoms with Crippen LogP contribution in [0.1, 0.15) is 17.8 Å². The molecule has 2 heterocycles. The number of hydrogen-bond acceptors (Lipinski definition) is 4. The van der Waals surface area contributed by atoms with Crippen molar-refractivity contribution in [3.63, 3.8) is 0 Å². The summed E-state index contributed by atoms with van der Waals surface area (Å²) in [4.78, 5) is 19.6. The van der Waals surface area contributed by atoms with Gasteiger partial charge in [-0.15, -0.1) is 11.3 Å². The fourth-order valence-corrected chi connectivity index (χ4v) is 3.45. The second-order valence-electron chi connectivity index (χ2n) is 5.43. The van der Waals surface area contributed by atoms with E-state index in [0.717, 1.165) is 10.3 Å². The van der Waals surface area contributed by atoms with Crippen LogP contribution in [-0.4, -0.2) is 29.4 Å². The number of carbonyl (C=O) groups is 1. The number of aromatic nitrogens is 1. The number of likely N-dealkylation sites (N-methyl/N-ethyl adjacent to an activating group) is 1. The number of nitrogens with zero attached hydrogens (tertiary/aromatic N) is 2. The average molecular weight is 361 g/mol. The number of halogens is 1. The maximum absolute atomic E-state index is 12.4. The Kier molecular flexibility index (Phi) is 5.02. The van der Waals surface area contributed by atoms with E-state index >= 15 is 0 Å². The first-order chi connectivity index (χ1) is 11.6. The van der Waals surface area contributed by atoms with Gasteiger partial charge in [0.1, 0.15) is 11.3 Å². The molecule has 24 heavy (non-hydrogen) atoms. The molecule has 0 spiro atoms. The lowest BCUT2D eigenvalue weighted by atomic mass is 10.2. The van der Waals surface area contributed by atoms with Gasteiger partial charge >= 0.3 is 0 Å². The first kappa shape index (κ1) is 16.7. The Bertz CT molecular complexity index is 851. The van der Waals surface area contributed by atoms with Crippen molar-refractivity contribution in [1.82, 2.24) is 9.88 Å². The normalized spacial score (nSPS) is 12.1. The monoisotopic (exact) mass is 360 g/mol. The molecule has 3 rings (SSSR count). The lowest BCUT2D eigenvalue weighted by Crippen LogP contribution is -2.33. The molecule has 0 unspecified atom stereocenters. The molecule has 0 aliphatic carbocycles. The van der Waals surface area contributed by atoms with E-state index in [4.69, 9.17) is 16.3 Å². The molecule has 1 aromatic carbocycles. The lowest BCUT2D eigenvalue weighted by molar-refractivity contribution is -0.133. The zero-order chi connectivity index (χ0) is 17.1. The molecule has 0 N–H and O–H groups in total. The number of hydrogen-bond donors (Lipinski definition) is 0. The van der Waals surface area contributed by atoms with Crippen molar-refractivity contribution in [1.29, 1.82) is 0 Å². The minimum atomic E-state index is -0.0880. The van der Waals surface area contributed by atoms with E-state index in [1.165, 1.54) is 0 Å². The Balaban J connectivity index is 1.72. The number of rotatable bonds is 5. The van der Waals surface area contributed by atoms with Crippen LogP contribution in [0, 0.1) is 0 Å². The molecule has 3 aromatic rings. The zero-order valence-electron chi connectivity index (χ0n) is 13.4. The molecule has 124 valence electrons. The van der Waals surface area contributed by atoms with E-state index < -0.39 is 0 Å². The van der Waals surface area contributed by atoms with Crippen molar-refractivity contribution in [3.8, 4) is 5.75 Å². The third-order valence-electron chi connectivity index (χ3n) is 3.96. The highest BCUT2D eigenvalue weighted by atomic mass is 35.5. The summed E-state index contributed by atoms with van der Waals surface area (Å²) < 4.78 is 5.72. The zero-order valence-corrected chi connectivity index (χ0v) is 15.0. The fraction of sp³-hybridized carbons (Fsp3) is 0.222. The van der Waals surface area contributed by atoms with Gasteiger partial charge in [-0.1, -0.05) is 17.7 Å². The summed E-state index contributed by atoms with van der Waals surface area (Å²) in [6.45, 7) is 1.96. The van der Waals surface area contributed by atoms with Crippen LogP contribution in [-0.2, 0) is 4.79 Å². The number of carbonyl (C=O) groups excluding carboxylic acids is 1. The topological polar surface area (TPSA) is 42.4 Å². The van der Waals surface area contributed by atoms with Crippen LogP contribution < -0.4 is 4.74 Å². The Morgan fingerprint density at radius 2 is 2.17 bits per heavy atom. The van der Waals surface area contributed by atoms with Gasteiger partial charge in [-0.3, -0.25) is 9.78 Å². The molecule has 0 radical (unpaired) electrons. The summed E-state index contributed by atoms with van der Waals surface area (Å²) in [6.07, 6.45) is 1.68. The van der Waals surface area contributed by atoms with Crippen LogP contribution >= 0.6 is 22.9 Å². The van der Waals surface area contributed by atoms with Crippen LogP contribution in [0.2, 0.25) is 5.02 Å². The van der Waals surface area contributed by atoms with Crippen molar-refractivity contribution < 1.29 is 9.53 Å². The quantitative estimate of drug-likeness (QED) is 0.670.